The van der Waals surface area contributed by atoms with Gasteiger partial charge in [0.05, 0.1) is 23.2 Å². The molecule has 6 heteroatoms. The summed E-state index contributed by atoms with van der Waals surface area (Å²) < 4.78 is 7.42. The predicted molar refractivity (Wildman–Crippen MR) is 112 cm³/mol. The Morgan fingerprint density at radius 3 is 2.57 bits per heavy atom. The molecule has 5 nitrogen and oxygen atoms in total. The molecule has 0 radical (unpaired) electrons. The van der Waals surface area contributed by atoms with Crippen molar-refractivity contribution in [2.45, 2.75) is 17.8 Å². The summed E-state index contributed by atoms with van der Waals surface area (Å²) in [7, 11) is 0. The molecule has 0 aliphatic heterocycles. The summed E-state index contributed by atoms with van der Waals surface area (Å²) in [6, 6.07) is 18.9. The van der Waals surface area contributed by atoms with Gasteiger partial charge in [0.1, 0.15) is 5.75 Å². The molecular formula is C22H19N3O2S. The van der Waals surface area contributed by atoms with Gasteiger partial charge in [-0.15, -0.1) is 0 Å². The molecule has 4 rings (SSSR count). The highest BCUT2D eigenvalue weighted by Gasteiger charge is 2.16. The number of fused-ring (bicyclic) bond motifs is 1. The highest BCUT2D eigenvalue weighted by molar-refractivity contribution is 7.98. The molecule has 0 atom stereocenters. The first-order valence-corrected chi connectivity index (χ1v) is 10.0. The van der Waals surface area contributed by atoms with Crippen LogP contribution in [0, 0.1) is 0 Å². The van der Waals surface area contributed by atoms with Crippen LogP contribution in [-0.2, 0) is 5.75 Å². The Labute approximate surface area is 167 Å². The lowest BCUT2D eigenvalue weighted by molar-refractivity contribution is 0.338. The van der Waals surface area contributed by atoms with Crippen molar-refractivity contribution in [1.29, 1.82) is 0 Å². The van der Waals surface area contributed by atoms with Crippen molar-refractivity contribution in [1.82, 2.24) is 14.5 Å². The topological polar surface area (TPSA) is 57.0 Å². The van der Waals surface area contributed by atoms with Crippen LogP contribution in [0.3, 0.4) is 0 Å². The number of hydrogen-bond donors (Lipinski definition) is 0. The molecule has 0 N–H and O–H groups in total. The molecule has 2 heterocycles. The number of ether oxygens (including phenoxy) is 1. The van der Waals surface area contributed by atoms with Gasteiger partial charge in [0.15, 0.2) is 5.16 Å². The molecule has 140 valence electrons. The van der Waals surface area contributed by atoms with Gasteiger partial charge in [0, 0.05) is 18.1 Å². The molecule has 0 aliphatic rings. The monoisotopic (exact) mass is 389 g/mol. The Kier molecular flexibility index (Phi) is 5.39. The largest absolute Gasteiger partial charge is 0.492 e. The van der Waals surface area contributed by atoms with Crippen LogP contribution < -0.4 is 10.3 Å². The van der Waals surface area contributed by atoms with Gasteiger partial charge in [0.2, 0.25) is 0 Å². The van der Waals surface area contributed by atoms with Gasteiger partial charge in [-0.25, -0.2) is 4.98 Å². The van der Waals surface area contributed by atoms with Crippen LogP contribution in [0.1, 0.15) is 12.5 Å². The van der Waals surface area contributed by atoms with Crippen molar-refractivity contribution in [3.8, 4) is 11.4 Å². The van der Waals surface area contributed by atoms with E-state index in [4.69, 9.17) is 9.72 Å². The van der Waals surface area contributed by atoms with E-state index in [2.05, 4.69) is 4.98 Å². The predicted octanol–water partition coefficient (Wildman–Crippen LogP) is 4.47. The summed E-state index contributed by atoms with van der Waals surface area (Å²) in [5.74, 6) is 1.35. The van der Waals surface area contributed by atoms with E-state index >= 15 is 0 Å². The second-order valence-corrected chi connectivity index (χ2v) is 7.04. The highest BCUT2D eigenvalue weighted by atomic mass is 32.2. The van der Waals surface area contributed by atoms with Gasteiger partial charge in [-0.2, -0.15) is 0 Å². The highest BCUT2D eigenvalue weighted by Crippen LogP contribution is 2.28. The summed E-state index contributed by atoms with van der Waals surface area (Å²) in [4.78, 5) is 22.2. The van der Waals surface area contributed by atoms with Crippen LogP contribution in [-0.4, -0.2) is 21.1 Å². The maximum absolute atomic E-state index is 13.4. The van der Waals surface area contributed by atoms with Crippen molar-refractivity contribution in [3.05, 3.63) is 89.0 Å². The average molecular weight is 389 g/mol. The molecule has 0 unspecified atom stereocenters. The van der Waals surface area contributed by atoms with Crippen molar-refractivity contribution in [3.63, 3.8) is 0 Å². The number of hydrogen-bond acceptors (Lipinski definition) is 5. The number of aromatic nitrogens is 3. The van der Waals surface area contributed by atoms with E-state index in [9.17, 15) is 4.79 Å². The smallest absolute Gasteiger partial charge is 0.266 e. The number of thioether (sulfide) groups is 1. The molecule has 28 heavy (non-hydrogen) atoms. The Bertz CT molecular complexity index is 1160. The quantitative estimate of drug-likeness (QED) is 0.360. The third kappa shape index (κ3) is 3.64. The fourth-order valence-corrected chi connectivity index (χ4v) is 3.93. The second-order valence-electron chi connectivity index (χ2n) is 6.10. The van der Waals surface area contributed by atoms with Crippen LogP contribution in [0.25, 0.3) is 16.6 Å². The maximum Gasteiger partial charge on any atom is 0.266 e. The zero-order valence-electron chi connectivity index (χ0n) is 15.4. The van der Waals surface area contributed by atoms with Crippen molar-refractivity contribution in [2.24, 2.45) is 0 Å². The minimum absolute atomic E-state index is 0.102. The molecule has 2 aromatic carbocycles. The van der Waals surface area contributed by atoms with Crippen molar-refractivity contribution < 1.29 is 4.74 Å². The Morgan fingerprint density at radius 2 is 1.75 bits per heavy atom. The Balaban J connectivity index is 1.88. The number of rotatable bonds is 6. The fraction of sp³-hybridized carbons (Fsp3) is 0.136. The molecule has 0 spiro atoms. The molecule has 4 aromatic rings. The second kappa shape index (κ2) is 8.27. The average Bonchev–Trinajstić information content (AvgIpc) is 2.74. The number of benzene rings is 2. The molecule has 0 saturated carbocycles. The normalized spacial score (nSPS) is 10.9. The Morgan fingerprint density at radius 1 is 1.00 bits per heavy atom. The van der Waals surface area contributed by atoms with Gasteiger partial charge in [-0.1, -0.05) is 36.0 Å². The van der Waals surface area contributed by atoms with Crippen LogP contribution >= 0.6 is 11.8 Å². The van der Waals surface area contributed by atoms with Crippen molar-refractivity contribution in [2.75, 3.05) is 6.61 Å². The van der Waals surface area contributed by atoms with E-state index < -0.39 is 0 Å². The van der Waals surface area contributed by atoms with Gasteiger partial charge < -0.3 is 4.74 Å². The molecule has 2 aromatic heterocycles. The number of pyridine rings is 1. The van der Waals surface area contributed by atoms with E-state index in [1.165, 1.54) is 11.8 Å². The zero-order chi connectivity index (χ0) is 19.3. The van der Waals surface area contributed by atoms with E-state index in [-0.39, 0.29) is 5.56 Å². The van der Waals surface area contributed by atoms with E-state index in [0.717, 1.165) is 5.56 Å². The minimum Gasteiger partial charge on any atom is -0.492 e. The SMILES string of the molecule is CCOc1ccccc1-n1c(SCc2ccncc2)nc2ccccc2c1=O. The first-order chi connectivity index (χ1) is 13.8. The first kappa shape index (κ1) is 18.3. The third-order valence-corrected chi connectivity index (χ3v) is 5.28. The molecular weight excluding hydrogens is 370 g/mol. The summed E-state index contributed by atoms with van der Waals surface area (Å²) in [5.41, 5.74) is 2.40. The van der Waals surface area contributed by atoms with Crippen LogP contribution in [0.5, 0.6) is 5.75 Å². The summed E-state index contributed by atoms with van der Waals surface area (Å²) in [6.07, 6.45) is 3.53. The third-order valence-electron chi connectivity index (χ3n) is 4.27. The first-order valence-electron chi connectivity index (χ1n) is 9.03. The summed E-state index contributed by atoms with van der Waals surface area (Å²) >= 11 is 1.52. The Hall–Kier alpha value is -3.12. The van der Waals surface area contributed by atoms with Crippen LogP contribution in [0.2, 0.25) is 0 Å². The number of para-hydroxylation sites is 3. The van der Waals surface area contributed by atoms with Gasteiger partial charge in [-0.3, -0.25) is 14.3 Å². The van der Waals surface area contributed by atoms with Gasteiger partial charge >= 0.3 is 0 Å². The van der Waals surface area contributed by atoms with Gasteiger partial charge in [0.25, 0.3) is 5.56 Å². The lowest BCUT2D eigenvalue weighted by Crippen LogP contribution is -2.22. The lowest BCUT2D eigenvalue weighted by atomic mass is 10.2. The van der Waals surface area contributed by atoms with Gasteiger partial charge in [-0.05, 0) is 48.9 Å². The fourth-order valence-electron chi connectivity index (χ4n) is 2.97. The molecule has 0 amide bonds. The maximum atomic E-state index is 13.4. The minimum atomic E-state index is -0.102. The van der Waals surface area contributed by atoms with Crippen molar-refractivity contribution >= 4 is 22.7 Å². The summed E-state index contributed by atoms with van der Waals surface area (Å²) in [6.45, 7) is 2.45. The van der Waals surface area contributed by atoms with E-state index in [1.54, 1.807) is 17.0 Å². The molecule has 0 fully saturated rings. The molecule has 0 saturated heterocycles. The van der Waals surface area contributed by atoms with Crippen LogP contribution in [0.15, 0.2) is 83.0 Å². The number of nitrogens with zero attached hydrogens (tertiary/aromatic N) is 3. The van der Waals surface area contributed by atoms with E-state index in [1.807, 2.05) is 67.6 Å². The standard InChI is InChI=1S/C22H19N3O2S/c1-2-27-20-10-6-5-9-19(20)25-21(26)17-7-3-4-8-18(17)24-22(25)28-15-16-11-13-23-14-12-16/h3-14H,2,15H2,1H3. The van der Waals surface area contributed by atoms with Crippen LogP contribution in [0.4, 0.5) is 0 Å². The summed E-state index contributed by atoms with van der Waals surface area (Å²) in [5, 5.41) is 1.22. The molecule has 0 aliphatic carbocycles. The molecule has 0 bridgehead atoms. The van der Waals surface area contributed by atoms with E-state index in [0.29, 0.717) is 39.9 Å². The lowest BCUT2D eigenvalue weighted by Gasteiger charge is -2.16. The zero-order valence-corrected chi connectivity index (χ0v) is 16.2.